The van der Waals surface area contributed by atoms with Gasteiger partial charge in [0.05, 0.1) is 0 Å². The van der Waals surface area contributed by atoms with Crippen LogP contribution in [-0.2, 0) is 12.8 Å². The maximum absolute atomic E-state index is 2.36. The van der Waals surface area contributed by atoms with Gasteiger partial charge in [-0.2, -0.15) is 0 Å². The molecule has 1 heterocycles. The molecule has 1 aromatic heterocycles. The molecule has 1 heteroatoms. The zero-order valence-corrected chi connectivity index (χ0v) is 9.90. The number of aryl methyl sites for hydroxylation is 2. The SMILES string of the molecule is CCCCc1cc[pH]c1CCCC. The Morgan fingerprint density at radius 3 is 2.46 bits per heavy atom. The van der Waals surface area contributed by atoms with Crippen LogP contribution in [0.5, 0.6) is 0 Å². The number of hydrogen-bond donors (Lipinski definition) is 0. The molecule has 0 nitrogen and oxygen atoms in total. The second-order valence-electron chi connectivity index (χ2n) is 3.69. The maximum atomic E-state index is 2.36. The summed E-state index contributed by atoms with van der Waals surface area (Å²) in [7, 11) is 1.00. The van der Waals surface area contributed by atoms with Gasteiger partial charge in [0.1, 0.15) is 0 Å². The van der Waals surface area contributed by atoms with Gasteiger partial charge in [0.25, 0.3) is 0 Å². The Morgan fingerprint density at radius 1 is 1.08 bits per heavy atom. The zero-order chi connectivity index (χ0) is 9.52. The molecule has 0 aromatic carbocycles. The minimum atomic E-state index is 1.00. The van der Waals surface area contributed by atoms with Crippen LogP contribution >= 0.6 is 8.19 Å². The van der Waals surface area contributed by atoms with Crippen molar-refractivity contribution in [3.63, 3.8) is 0 Å². The van der Waals surface area contributed by atoms with E-state index in [1.54, 1.807) is 10.9 Å². The van der Waals surface area contributed by atoms with Crippen molar-refractivity contribution in [1.82, 2.24) is 0 Å². The molecule has 0 amide bonds. The summed E-state index contributed by atoms with van der Waals surface area (Å²) in [6.07, 6.45) is 8.05. The van der Waals surface area contributed by atoms with E-state index in [0.29, 0.717) is 0 Å². The molecule has 0 spiro atoms. The number of unbranched alkanes of at least 4 members (excludes halogenated alkanes) is 2. The normalized spacial score (nSPS) is 11.2. The van der Waals surface area contributed by atoms with Gasteiger partial charge in [-0.25, -0.2) is 0 Å². The van der Waals surface area contributed by atoms with E-state index in [1.165, 1.54) is 38.5 Å². The quantitative estimate of drug-likeness (QED) is 0.632. The minimum absolute atomic E-state index is 1.00. The third-order valence-electron chi connectivity index (χ3n) is 2.51. The summed E-state index contributed by atoms with van der Waals surface area (Å²) >= 11 is 0. The average Bonchev–Trinajstić information content (AvgIpc) is 2.59. The second kappa shape index (κ2) is 6.27. The molecule has 0 saturated carbocycles. The van der Waals surface area contributed by atoms with Crippen LogP contribution in [-0.4, -0.2) is 0 Å². The van der Waals surface area contributed by atoms with Crippen LogP contribution < -0.4 is 0 Å². The Labute approximate surface area is 83.8 Å². The molecule has 0 aliphatic carbocycles. The Hall–Kier alpha value is -0.220. The van der Waals surface area contributed by atoms with Crippen LogP contribution in [0.25, 0.3) is 0 Å². The third-order valence-corrected chi connectivity index (χ3v) is 3.76. The molecule has 0 aliphatic rings. The molecule has 1 aromatic rings. The van der Waals surface area contributed by atoms with Crippen molar-refractivity contribution >= 4 is 8.19 Å². The summed E-state index contributed by atoms with van der Waals surface area (Å²) in [6.45, 7) is 4.55. The van der Waals surface area contributed by atoms with Crippen LogP contribution in [0, 0.1) is 0 Å². The van der Waals surface area contributed by atoms with Gasteiger partial charge in [-0.05, 0) is 42.3 Å². The summed E-state index contributed by atoms with van der Waals surface area (Å²) in [6, 6.07) is 2.36. The molecule has 0 radical (unpaired) electrons. The number of hydrogen-bond acceptors (Lipinski definition) is 0. The van der Waals surface area contributed by atoms with E-state index < -0.39 is 0 Å². The molecule has 1 rings (SSSR count). The Morgan fingerprint density at radius 2 is 1.77 bits per heavy atom. The van der Waals surface area contributed by atoms with Crippen molar-refractivity contribution in [3.8, 4) is 0 Å². The van der Waals surface area contributed by atoms with Crippen LogP contribution in [0.1, 0.15) is 50.4 Å². The van der Waals surface area contributed by atoms with Gasteiger partial charge >= 0.3 is 0 Å². The molecular weight excluding hydrogens is 175 g/mol. The van der Waals surface area contributed by atoms with Gasteiger partial charge in [-0.1, -0.05) is 32.8 Å². The summed E-state index contributed by atoms with van der Waals surface area (Å²) < 4.78 is 0. The van der Waals surface area contributed by atoms with Gasteiger partial charge in [-0.15, -0.1) is 8.19 Å². The van der Waals surface area contributed by atoms with E-state index in [4.69, 9.17) is 0 Å². The fraction of sp³-hybridized carbons (Fsp3) is 0.667. The van der Waals surface area contributed by atoms with Gasteiger partial charge in [0.2, 0.25) is 0 Å². The molecule has 0 N–H and O–H groups in total. The van der Waals surface area contributed by atoms with Crippen LogP contribution in [0.3, 0.4) is 0 Å². The smallest absolute Gasteiger partial charge is 0.0241 e. The fourth-order valence-electron chi connectivity index (χ4n) is 1.62. The highest BCUT2D eigenvalue weighted by Gasteiger charge is 2.01. The van der Waals surface area contributed by atoms with Gasteiger partial charge in [-0.3, -0.25) is 0 Å². The standard InChI is InChI=1S/C12H21P/c1-3-5-7-11-9-10-13-12(11)8-6-4-2/h9-10,13H,3-8H2,1-2H3. The van der Waals surface area contributed by atoms with E-state index in [1.807, 2.05) is 0 Å². The Bertz CT molecular complexity index is 202. The number of rotatable bonds is 6. The molecule has 1 unspecified atom stereocenters. The van der Waals surface area contributed by atoms with Gasteiger partial charge in [0, 0.05) is 0 Å². The van der Waals surface area contributed by atoms with E-state index >= 15 is 0 Å². The minimum Gasteiger partial charge on any atom is -0.136 e. The van der Waals surface area contributed by atoms with E-state index in [9.17, 15) is 0 Å². The van der Waals surface area contributed by atoms with Crippen molar-refractivity contribution in [2.45, 2.75) is 52.4 Å². The second-order valence-corrected chi connectivity index (χ2v) is 4.91. The first kappa shape index (κ1) is 10.9. The highest BCUT2D eigenvalue weighted by atomic mass is 31.0. The highest BCUT2D eigenvalue weighted by molar-refractivity contribution is 7.30. The van der Waals surface area contributed by atoms with Crippen molar-refractivity contribution in [2.75, 3.05) is 0 Å². The van der Waals surface area contributed by atoms with Gasteiger partial charge < -0.3 is 0 Å². The lowest BCUT2D eigenvalue weighted by Crippen LogP contribution is -1.88. The molecule has 0 fully saturated rings. The molecular formula is C12H21P. The molecule has 13 heavy (non-hydrogen) atoms. The lowest BCUT2D eigenvalue weighted by atomic mass is 10.1. The van der Waals surface area contributed by atoms with Crippen molar-refractivity contribution in [3.05, 3.63) is 22.7 Å². The lowest BCUT2D eigenvalue weighted by molar-refractivity contribution is 0.768. The Balaban J connectivity index is 2.45. The van der Waals surface area contributed by atoms with E-state index in [-0.39, 0.29) is 0 Å². The highest BCUT2D eigenvalue weighted by Crippen LogP contribution is 2.24. The van der Waals surface area contributed by atoms with E-state index in [2.05, 4.69) is 25.7 Å². The topological polar surface area (TPSA) is 0 Å². The van der Waals surface area contributed by atoms with Crippen LogP contribution in [0.4, 0.5) is 0 Å². The van der Waals surface area contributed by atoms with Crippen LogP contribution in [0.2, 0.25) is 0 Å². The summed E-state index contributed by atoms with van der Waals surface area (Å²) in [4.78, 5) is 0. The summed E-state index contributed by atoms with van der Waals surface area (Å²) in [5, 5.41) is 1.75. The van der Waals surface area contributed by atoms with Crippen molar-refractivity contribution < 1.29 is 0 Å². The maximum Gasteiger partial charge on any atom is -0.0241 e. The van der Waals surface area contributed by atoms with Crippen molar-refractivity contribution in [1.29, 1.82) is 0 Å². The summed E-state index contributed by atoms with van der Waals surface area (Å²) in [5.41, 5.74) is 1.66. The molecule has 0 saturated heterocycles. The molecule has 0 aliphatic heterocycles. The first-order valence-electron chi connectivity index (χ1n) is 5.53. The van der Waals surface area contributed by atoms with E-state index in [0.717, 1.165) is 8.19 Å². The lowest BCUT2D eigenvalue weighted by Gasteiger charge is -2.02. The van der Waals surface area contributed by atoms with Crippen molar-refractivity contribution in [2.24, 2.45) is 0 Å². The van der Waals surface area contributed by atoms with Crippen LogP contribution in [0.15, 0.2) is 11.9 Å². The fourth-order valence-corrected chi connectivity index (χ4v) is 2.82. The first-order valence-corrected chi connectivity index (χ1v) is 6.61. The third kappa shape index (κ3) is 3.56. The average molecular weight is 196 g/mol. The predicted octanol–water partition coefficient (Wildman–Crippen LogP) is 4.40. The summed E-state index contributed by atoms with van der Waals surface area (Å²) in [5.74, 6) is 2.36. The monoisotopic (exact) mass is 196 g/mol. The zero-order valence-electron chi connectivity index (χ0n) is 8.90. The predicted molar refractivity (Wildman–Crippen MR) is 63.2 cm³/mol. The van der Waals surface area contributed by atoms with Gasteiger partial charge in [0.15, 0.2) is 0 Å². The molecule has 1 atom stereocenters. The molecule has 0 bridgehead atoms. The Kier molecular flexibility index (Phi) is 5.23. The largest absolute Gasteiger partial charge is 0.136 e. The first-order chi connectivity index (χ1) is 6.38. The molecule has 74 valence electrons.